The van der Waals surface area contributed by atoms with Gasteiger partial charge < -0.3 is 14.8 Å². The minimum Gasteiger partial charge on any atom is -0.497 e. The molecule has 3 aromatic rings. The van der Waals surface area contributed by atoms with Gasteiger partial charge >= 0.3 is 0 Å². The fourth-order valence-electron chi connectivity index (χ4n) is 2.59. The van der Waals surface area contributed by atoms with Crippen LogP contribution in [0.5, 0.6) is 11.5 Å². The Bertz CT molecular complexity index is 872. The first-order chi connectivity index (χ1) is 12.7. The van der Waals surface area contributed by atoms with E-state index in [4.69, 9.17) is 9.47 Å². The summed E-state index contributed by atoms with van der Waals surface area (Å²) in [4.78, 5) is 12.6. The number of para-hydroxylation sites is 1. The number of hydrogen-bond donors (Lipinski definition) is 1. The Morgan fingerprint density at radius 2 is 1.88 bits per heavy atom. The molecule has 0 saturated carbocycles. The summed E-state index contributed by atoms with van der Waals surface area (Å²) in [7, 11) is 1.64. The maximum Gasteiger partial charge on any atom is 0.260 e. The fraction of sp³-hybridized carbons (Fsp3) is 0.200. The van der Waals surface area contributed by atoms with E-state index in [-0.39, 0.29) is 5.91 Å². The molecule has 6 nitrogen and oxygen atoms in total. The second-order valence-corrected chi connectivity index (χ2v) is 5.61. The van der Waals surface area contributed by atoms with E-state index < -0.39 is 0 Å². The molecule has 134 valence electrons. The minimum atomic E-state index is -0.231. The van der Waals surface area contributed by atoms with Gasteiger partial charge in [0, 0.05) is 6.07 Å². The van der Waals surface area contributed by atoms with Gasteiger partial charge in [0.15, 0.2) is 0 Å². The zero-order chi connectivity index (χ0) is 18.4. The van der Waals surface area contributed by atoms with Gasteiger partial charge in [-0.15, -0.1) is 0 Å². The Labute approximate surface area is 152 Å². The van der Waals surface area contributed by atoms with Crippen LogP contribution in [0.1, 0.15) is 22.8 Å². The predicted octanol–water partition coefficient (Wildman–Crippen LogP) is 3.59. The van der Waals surface area contributed by atoms with Crippen LogP contribution < -0.4 is 14.8 Å². The highest BCUT2D eigenvalue weighted by molar-refractivity contribution is 6.05. The Kier molecular flexibility index (Phi) is 5.53. The smallest absolute Gasteiger partial charge is 0.260 e. The van der Waals surface area contributed by atoms with Crippen LogP contribution >= 0.6 is 0 Å². The van der Waals surface area contributed by atoms with Crippen molar-refractivity contribution < 1.29 is 14.3 Å². The van der Waals surface area contributed by atoms with Crippen LogP contribution in [0.3, 0.4) is 0 Å². The molecule has 0 bridgehead atoms. The molecular weight excluding hydrogens is 330 g/mol. The molecule has 1 amide bonds. The Morgan fingerprint density at radius 3 is 2.62 bits per heavy atom. The maximum absolute atomic E-state index is 12.6. The molecule has 0 unspecified atom stereocenters. The van der Waals surface area contributed by atoms with Crippen LogP contribution in [0.2, 0.25) is 0 Å². The lowest BCUT2D eigenvalue weighted by Gasteiger charge is -2.12. The Balaban J connectivity index is 1.75. The number of hydrogen-bond acceptors (Lipinski definition) is 4. The number of nitrogens with zero attached hydrogens (tertiary/aromatic N) is 2. The molecule has 0 aliphatic heterocycles. The second-order valence-electron chi connectivity index (χ2n) is 5.61. The van der Waals surface area contributed by atoms with Crippen molar-refractivity contribution in [3.63, 3.8) is 0 Å². The van der Waals surface area contributed by atoms with Gasteiger partial charge in [-0.2, -0.15) is 5.10 Å². The van der Waals surface area contributed by atoms with Crippen molar-refractivity contribution in [3.8, 4) is 11.5 Å². The summed E-state index contributed by atoms with van der Waals surface area (Å²) in [5.74, 6) is 1.76. The molecule has 0 radical (unpaired) electrons. The second kappa shape index (κ2) is 8.20. The predicted molar refractivity (Wildman–Crippen MR) is 99.9 cm³/mol. The lowest BCUT2D eigenvalue weighted by atomic mass is 10.2. The van der Waals surface area contributed by atoms with Gasteiger partial charge in [0.05, 0.1) is 32.0 Å². The lowest BCUT2D eigenvalue weighted by Crippen LogP contribution is -2.17. The van der Waals surface area contributed by atoms with Gasteiger partial charge in [0.25, 0.3) is 5.91 Å². The van der Waals surface area contributed by atoms with Crippen LogP contribution in [0.25, 0.3) is 0 Å². The average Bonchev–Trinajstić information content (AvgIpc) is 3.09. The molecule has 2 aromatic carbocycles. The quantitative estimate of drug-likeness (QED) is 0.706. The molecule has 1 N–H and O–H groups in total. The van der Waals surface area contributed by atoms with Gasteiger partial charge in [0.2, 0.25) is 0 Å². The number of nitrogens with one attached hydrogen (secondary N) is 1. The Hall–Kier alpha value is -3.28. The number of methoxy groups -OCH3 is 1. The van der Waals surface area contributed by atoms with Crippen molar-refractivity contribution >= 4 is 11.7 Å². The van der Waals surface area contributed by atoms with Crippen molar-refractivity contribution in [2.45, 2.75) is 13.5 Å². The molecule has 1 heterocycles. The van der Waals surface area contributed by atoms with Gasteiger partial charge in [-0.05, 0) is 36.8 Å². The van der Waals surface area contributed by atoms with E-state index in [0.29, 0.717) is 30.3 Å². The topological polar surface area (TPSA) is 65.4 Å². The van der Waals surface area contributed by atoms with E-state index >= 15 is 0 Å². The number of carbonyl (C=O) groups excluding carboxylic acids is 1. The van der Waals surface area contributed by atoms with Crippen LogP contribution in [0.4, 0.5) is 5.82 Å². The van der Waals surface area contributed by atoms with Gasteiger partial charge in [-0.3, -0.25) is 4.79 Å². The summed E-state index contributed by atoms with van der Waals surface area (Å²) in [6.07, 6.45) is 1.66. The molecule has 0 aliphatic rings. The summed E-state index contributed by atoms with van der Waals surface area (Å²) in [6, 6.07) is 16.7. The molecule has 0 spiro atoms. The first-order valence-electron chi connectivity index (χ1n) is 8.39. The van der Waals surface area contributed by atoms with Gasteiger partial charge in [-0.1, -0.05) is 24.3 Å². The maximum atomic E-state index is 12.6. The molecule has 6 heteroatoms. The minimum absolute atomic E-state index is 0.231. The standard InChI is InChI=1S/C20H21N3O3/c1-3-26-18-7-5-4-6-17(18)20(24)22-19-12-13-21-23(19)14-15-8-10-16(25-2)11-9-15/h4-13H,3,14H2,1-2H3,(H,22,24). The summed E-state index contributed by atoms with van der Waals surface area (Å²) in [6.45, 7) is 2.93. The Morgan fingerprint density at radius 1 is 1.12 bits per heavy atom. The highest BCUT2D eigenvalue weighted by Crippen LogP contribution is 2.20. The van der Waals surface area contributed by atoms with Crippen molar-refractivity contribution in [1.82, 2.24) is 9.78 Å². The number of ether oxygens (including phenoxy) is 2. The van der Waals surface area contributed by atoms with E-state index in [9.17, 15) is 4.79 Å². The average molecular weight is 351 g/mol. The van der Waals surface area contributed by atoms with E-state index in [0.717, 1.165) is 11.3 Å². The highest BCUT2D eigenvalue weighted by atomic mass is 16.5. The summed E-state index contributed by atoms with van der Waals surface area (Å²) >= 11 is 0. The SMILES string of the molecule is CCOc1ccccc1C(=O)Nc1ccnn1Cc1ccc(OC)cc1. The zero-order valence-corrected chi connectivity index (χ0v) is 14.8. The van der Waals surface area contributed by atoms with Crippen molar-refractivity contribution in [1.29, 1.82) is 0 Å². The van der Waals surface area contributed by atoms with E-state index in [1.54, 1.807) is 36.2 Å². The van der Waals surface area contributed by atoms with E-state index in [1.807, 2.05) is 43.3 Å². The summed E-state index contributed by atoms with van der Waals surface area (Å²) < 4.78 is 12.4. The monoisotopic (exact) mass is 351 g/mol. The molecule has 3 rings (SSSR count). The van der Waals surface area contributed by atoms with Crippen LogP contribution in [0, 0.1) is 0 Å². The van der Waals surface area contributed by atoms with E-state index in [1.165, 1.54) is 0 Å². The molecule has 0 saturated heterocycles. The first-order valence-corrected chi connectivity index (χ1v) is 8.39. The van der Waals surface area contributed by atoms with Gasteiger partial charge in [-0.25, -0.2) is 4.68 Å². The van der Waals surface area contributed by atoms with Crippen LogP contribution in [0.15, 0.2) is 60.8 Å². The third-order valence-corrected chi connectivity index (χ3v) is 3.88. The van der Waals surface area contributed by atoms with Crippen molar-refractivity contribution in [3.05, 3.63) is 71.9 Å². The number of benzene rings is 2. The molecule has 0 atom stereocenters. The lowest BCUT2D eigenvalue weighted by molar-refractivity contribution is 0.102. The van der Waals surface area contributed by atoms with Crippen molar-refractivity contribution in [2.75, 3.05) is 19.0 Å². The summed E-state index contributed by atoms with van der Waals surface area (Å²) in [5.41, 5.74) is 1.55. The van der Waals surface area contributed by atoms with Crippen LogP contribution in [-0.2, 0) is 6.54 Å². The number of carbonyl (C=O) groups is 1. The molecule has 26 heavy (non-hydrogen) atoms. The fourth-order valence-corrected chi connectivity index (χ4v) is 2.59. The molecule has 1 aromatic heterocycles. The number of amides is 1. The first kappa shape index (κ1) is 17.5. The number of aromatic nitrogens is 2. The summed E-state index contributed by atoms with van der Waals surface area (Å²) in [5, 5.41) is 7.20. The van der Waals surface area contributed by atoms with Crippen molar-refractivity contribution in [2.24, 2.45) is 0 Å². The number of anilines is 1. The van der Waals surface area contributed by atoms with E-state index in [2.05, 4.69) is 10.4 Å². The van der Waals surface area contributed by atoms with Crippen LogP contribution in [-0.4, -0.2) is 29.4 Å². The normalized spacial score (nSPS) is 10.4. The third kappa shape index (κ3) is 4.03. The molecular formula is C20H21N3O3. The number of rotatable bonds is 7. The largest absolute Gasteiger partial charge is 0.497 e. The molecule has 0 fully saturated rings. The van der Waals surface area contributed by atoms with Gasteiger partial charge in [0.1, 0.15) is 17.3 Å². The highest BCUT2D eigenvalue weighted by Gasteiger charge is 2.14. The zero-order valence-electron chi connectivity index (χ0n) is 14.8. The molecule has 0 aliphatic carbocycles. The third-order valence-electron chi connectivity index (χ3n) is 3.88.